The van der Waals surface area contributed by atoms with E-state index >= 15 is 0 Å². The summed E-state index contributed by atoms with van der Waals surface area (Å²) in [6, 6.07) is 5.95. The van der Waals surface area contributed by atoms with Crippen LogP contribution in [-0.4, -0.2) is 23.2 Å². The maximum atomic E-state index is 6.18. The highest BCUT2D eigenvalue weighted by Gasteiger charge is 2.26. The van der Waals surface area contributed by atoms with Crippen molar-refractivity contribution in [1.82, 2.24) is 4.98 Å². The number of fused-ring (bicyclic) bond motifs is 2. The monoisotopic (exact) mass is 306 g/mol. The summed E-state index contributed by atoms with van der Waals surface area (Å²) < 4.78 is 10.9. The van der Waals surface area contributed by atoms with Crippen LogP contribution in [0.2, 0.25) is 0 Å². The first kappa shape index (κ1) is 14.3. The van der Waals surface area contributed by atoms with Crippen LogP contribution >= 0.6 is 11.6 Å². The molecule has 2 heterocycles. The van der Waals surface area contributed by atoms with Gasteiger partial charge in [0.25, 0.3) is 0 Å². The highest BCUT2D eigenvalue weighted by Crippen LogP contribution is 2.38. The lowest BCUT2D eigenvalue weighted by Crippen LogP contribution is -2.39. The van der Waals surface area contributed by atoms with E-state index in [0.29, 0.717) is 5.88 Å². The summed E-state index contributed by atoms with van der Waals surface area (Å²) in [5, 5.41) is 5.64. The Balaban J connectivity index is 2.06. The molecule has 21 heavy (non-hydrogen) atoms. The number of pyridine rings is 1. The van der Waals surface area contributed by atoms with Crippen molar-refractivity contribution in [2.75, 3.05) is 18.0 Å². The Morgan fingerprint density at radius 2 is 1.95 bits per heavy atom. The van der Waals surface area contributed by atoms with Crippen molar-refractivity contribution in [3.8, 4) is 11.5 Å². The van der Waals surface area contributed by atoms with Gasteiger partial charge in [-0.1, -0.05) is 13.8 Å². The van der Waals surface area contributed by atoms with Crippen LogP contribution in [-0.2, 0) is 0 Å². The highest BCUT2D eigenvalue weighted by molar-refractivity contribution is 6.19. The van der Waals surface area contributed by atoms with Gasteiger partial charge in [0, 0.05) is 17.5 Å². The van der Waals surface area contributed by atoms with Crippen LogP contribution < -0.4 is 14.8 Å². The van der Waals surface area contributed by atoms with Crippen LogP contribution in [0, 0.1) is 0 Å². The average Bonchev–Trinajstić information content (AvgIpc) is 2.98. The molecule has 0 radical (unpaired) electrons. The van der Waals surface area contributed by atoms with Crippen LogP contribution in [0.3, 0.4) is 0 Å². The molecular weight excluding hydrogens is 288 g/mol. The average molecular weight is 307 g/mol. The van der Waals surface area contributed by atoms with Crippen molar-refractivity contribution < 1.29 is 9.47 Å². The quantitative estimate of drug-likeness (QED) is 0.842. The SMILES string of the molecule is CCC(CC)(CCl)Nc1nccc2cc3c(cc12)OCO3. The second-order valence-electron chi connectivity index (χ2n) is 5.33. The van der Waals surface area contributed by atoms with E-state index in [4.69, 9.17) is 21.1 Å². The number of alkyl halides is 1. The van der Waals surface area contributed by atoms with Gasteiger partial charge >= 0.3 is 0 Å². The Morgan fingerprint density at radius 3 is 2.62 bits per heavy atom. The summed E-state index contributed by atoms with van der Waals surface area (Å²) in [6.07, 6.45) is 3.68. The smallest absolute Gasteiger partial charge is 0.231 e. The van der Waals surface area contributed by atoms with Crippen LogP contribution in [0.5, 0.6) is 11.5 Å². The van der Waals surface area contributed by atoms with Crippen molar-refractivity contribution >= 4 is 28.2 Å². The lowest BCUT2D eigenvalue weighted by Gasteiger charge is -2.31. The normalized spacial score (nSPS) is 13.7. The third kappa shape index (κ3) is 2.48. The fraction of sp³-hybridized carbons (Fsp3) is 0.438. The first-order chi connectivity index (χ1) is 10.2. The minimum absolute atomic E-state index is 0.140. The van der Waals surface area contributed by atoms with Crippen molar-refractivity contribution in [2.24, 2.45) is 0 Å². The molecule has 4 nitrogen and oxygen atoms in total. The zero-order chi connectivity index (χ0) is 14.9. The fourth-order valence-corrected chi connectivity index (χ4v) is 3.01. The predicted octanol–water partition coefficient (Wildman–Crippen LogP) is 4.17. The lowest BCUT2D eigenvalue weighted by atomic mass is 9.95. The number of nitrogens with zero attached hydrogens (tertiary/aromatic N) is 1. The lowest BCUT2D eigenvalue weighted by molar-refractivity contribution is 0.174. The van der Waals surface area contributed by atoms with Gasteiger partial charge in [-0.25, -0.2) is 4.98 Å². The Hall–Kier alpha value is -1.68. The van der Waals surface area contributed by atoms with Crippen LogP contribution in [0.15, 0.2) is 24.4 Å². The molecule has 0 unspecified atom stereocenters. The number of aromatic nitrogens is 1. The molecule has 2 aromatic rings. The number of hydrogen-bond acceptors (Lipinski definition) is 4. The summed E-state index contributed by atoms with van der Waals surface area (Å²) in [5.41, 5.74) is -0.140. The van der Waals surface area contributed by atoms with Gasteiger partial charge in [0.15, 0.2) is 11.5 Å². The molecule has 1 aromatic carbocycles. The van der Waals surface area contributed by atoms with E-state index in [2.05, 4.69) is 24.1 Å². The molecule has 0 aliphatic carbocycles. The molecule has 3 rings (SSSR count). The van der Waals surface area contributed by atoms with Crippen LogP contribution in [0.25, 0.3) is 10.8 Å². The topological polar surface area (TPSA) is 43.4 Å². The molecule has 5 heteroatoms. The fourth-order valence-electron chi connectivity index (χ4n) is 2.56. The molecular formula is C16H19ClN2O2. The first-order valence-electron chi connectivity index (χ1n) is 7.24. The summed E-state index contributed by atoms with van der Waals surface area (Å²) in [5.74, 6) is 2.94. The number of benzene rings is 1. The van der Waals surface area contributed by atoms with Gasteiger partial charge < -0.3 is 14.8 Å². The summed E-state index contributed by atoms with van der Waals surface area (Å²) in [7, 11) is 0. The Kier molecular flexibility index (Phi) is 3.81. The molecule has 1 aromatic heterocycles. The number of hydrogen-bond donors (Lipinski definition) is 1. The zero-order valence-corrected chi connectivity index (χ0v) is 13.0. The van der Waals surface area contributed by atoms with E-state index in [1.54, 1.807) is 6.20 Å². The van der Waals surface area contributed by atoms with Gasteiger partial charge in [0.05, 0.1) is 5.54 Å². The number of nitrogens with one attached hydrogen (secondary N) is 1. The number of ether oxygens (including phenoxy) is 2. The summed E-state index contributed by atoms with van der Waals surface area (Å²) in [4.78, 5) is 4.49. The second kappa shape index (κ2) is 5.60. The first-order valence-corrected chi connectivity index (χ1v) is 7.77. The third-order valence-electron chi connectivity index (χ3n) is 4.25. The van der Waals surface area contributed by atoms with Gasteiger partial charge in [-0.2, -0.15) is 0 Å². The molecule has 0 amide bonds. The van der Waals surface area contributed by atoms with E-state index in [-0.39, 0.29) is 12.3 Å². The molecule has 1 N–H and O–H groups in total. The maximum Gasteiger partial charge on any atom is 0.231 e. The van der Waals surface area contributed by atoms with Gasteiger partial charge in [-0.05, 0) is 36.4 Å². The minimum Gasteiger partial charge on any atom is -0.454 e. The third-order valence-corrected chi connectivity index (χ3v) is 4.76. The van der Waals surface area contributed by atoms with E-state index in [1.807, 2.05) is 18.2 Å². The van der Waals surface area contributed by atoms with Gasteiger partial charge in [-0.15, -0.1) is 11.6 Å². The molecule has 0 saturated heterocycles. The molecule has 0 saturated carbocycles. The highest BCUT2D eigenvalue weighted by atomic mass is 35.5. The second-order valence-corrected chi connectivity index (χ2v) is 5.60. The van der Waals surface area contributed by atoms with Crippen molar-refractivity contribution in [3.05, 3.63) is 24.4 Å². The van der Waals surface area contributed by atoms with E-state index < -0.39 is 0 Å². The van der Waals surface area contributed by atoms with Gasteiger partial charge in [0.1, 0.15) is 5.82 Å². The number of anilines is 1. The maximum absolute atomic E-state index is 6.18. The molecule has 112 valence electrons. The Labute approximate surface area is 129 Å². The minimum atomic E-state index is -0.140. The molecule has 1 aliphatic rings. The molecule has 0 atom stereocenters. The Morgan fingerprint density at radius 1 is 1.24 bits per heavy atom. The predicted molar refractivity (Wildman–Crippen MR) is 85.5 cm³/mol. The number of halogens is 1. The van der Waals surface area contributed by atoms with Crippen LogP contribution in [0.4, 0.5) is 5.82 Å². The summed E-state index contributed by atoms with van der Waals surface area (Å²) >= 11 is 6.18. The molecule has 1 aliphatic heterocycles. The summed E-state index contributed by atoms with van der Waals surface area (Å²) in [6.45, 7) is 4.55. The molecule has 0 spiro atoms. The molecule has 0 fully saturated rings. The standard InChI is InChI=1S/C16H19ClN2O2/c1-3-16(4-2,9-17)19-15-12-8-14-13(20-10-21-14)7-11(12)5-6-18-15/h5-8H,3-4,9-10H2,1-2H3,(H,18,19). The van der Waals surface area contributed by atoms with Crippen LogP contribution in [0.1, 0.15) is 26.7 Å². The zero-order valence-electron chi connectivity index (χ0n) is 12.3. The van der Waals surface area contributed by atoms with Gasteiger partial charge in [-0.3, -0.25) is 0 Å². The van der Waals surface area contributed by atoms with Crippen molar-refractivity contribution in [3.63, 3.8) is 0 Å². The van der Waals surface area contributed by atoms with Gasteiger partial charge in [0.2, 0.25) is 6.79 Å². The van der Waals surface area contributed by atoms with E-state index in [1.165, 1.54) is 0 Å². The van der Waals surface area contributed by atoms with E-state index in [9.17, 15) is 0 Å². The number of rotatable bonds is 5. The molecule has 0 bridgehead atoms. The largest absolute Gasteiger partial charge is 0.454 e. The van der Waals surface area contributed by atoms with Crippen molar-refractivity contribution in [2.45, 2.75) is 32.2 Å². The van der Waals surface area contributed by atoms with E-state index in [0.717, 1.165) is 40.9 Å². The Bertz CT molecular complexity index is 648. The van der Waals surface area contributed by atoms with Crippen molar-refractivity contribution in [1.29, 1.82) is 0 Å².